The number of methoxy groups -OCH3 is 1. The minimum absolute atomic E-state index is 0.243. The third-order valence-electron chi connectivity index (χ3n) is 3.83. The van der Waals surface area contributed by atoms with Gasteiger partial charge in [-0.25, -0.2) is 0 Å². The van der Waals surface area contributed by atoms with Crippen molar-refractivity contribution in [2.75, 3.05) is 19.0 Å². The minimum Gasteiger partial charge on any atom is -0.493 e. The van der Waals surface area contributed by atoms with Gasteiger partial charge in [0.1, 0.15) is 0 Å². The van der Waals surface area contributed by atoms with Gasteiger partial charge in [0, 0.05) is 17.3 Å². The van der Waals surface area contributed by atoms with Crippen molar-refractivity contribution in [1.82, 2.24) is 0 Å². The molecule has 3 rings (SSSR count). The van der Waals surface area contributed by atoms with E-state index in [1.165, 1.54) is 7.11 Å². The number of ether oxygens (including phenoxy) is 2. The Morgan fingerprint density at radius 2 is 1.77 bits per heavy atom. The van der Waals surface area contributed by atoms with E-state index in [4.69, 9.17) is 15.2 Å². The van der Waals surface area contributed by atoms with Crippen LogP contribution in [0.4, 0.5) is 5.69 Å². The highest BCUT2D eigenvalue weighted by Gasteiger charge is 2.12. The predicted molar refractivity (Wildman–Crippen MR) is 99.6 cm³/mol. The number of rotatable bonds is 6. The molecule has 3 N–H and O–H groups in total. The maximum absolute atomic E-state index is 12.7. The Hall–Kier alpha value is -3.54. The molecule has 0 bridgehead atoms. The zero-order chi connectivity index (χ0) is 18.5. The maximum Gasteiger partial charge on any atom is 0.256 e. The molecule has 0 aliphatic rings. The van der Waals surface area contributed by atoms with Crippen LogP contribution in [0.3, 0.4) is 0 Å². The molecule has 0 fully saturated rings. The Labute approximate surface area is 150 Å². The van der Waals surface area contributed by atoms with Crippen molar-refractivity contribution in [2.24, 2.45) is 5.73 Å². The lowest BCUT2D eigenvalue weighted by Gasteiger charge is -2.13. The molecule has 3 aromatic carbocycles. The fourth-order valence-electron chi connectivity index (χ4n) is 2.64. The molecule has 0 aromatic heterocycles. The van der Waals surface area contributed by atoms with E-state index in [2.05, 4.69) is 5.32 Å². The monoisotopic (exact) mass is 350 g/mol. The van der Waals surface area contributed by atoms with Crippen molar-refractivity contribution < 1.29 is 19.1 Å². The van der Waals surface area contributed by atoms with Crippen molar-refractivity contribution in [3.8, 4) is 11.5 Å². The summed E-state index contributed by atoms with van der Waals surface area (Å²) >= 11 is 0. The third-order valence-corrected chi connectivity index (χ3v) is 3.83. The molecule has 0 spiro atoms. The van der Waals surface area contributed by atoms with Crippen molar-refractivity contribution in [3.05, 3.63) is 66.2 Å². The Morgan fingerprint density at radius 1 is 1.00 bits per heavy atom. The highest BCUT2D eigenvalue weighted by Crippen LogP contribution is 2.30. The number of amides is 2. The molecule has 0 heterocycles. The first-order valence-electron chi connectivity index (χ1n) is 7.97. The van der Waals surface area contributed by atoms with Crippen LogP contribution in [-0.2, 0) is 4.79 Å². The Kier molecular flexibility index (Phi) is 5.03. The quantitative estimate of drug-likeness (QED) is 0.715. The average molecular weight is 350 g/mol. The van der Waals surface area contributed by atoms with Crippen LogP contribution in [0.5, 0.6) is 11.5 Å². The summed E-state index contributed by atoms with van der Waals surface area (Å²) in [5.41, 5.74) is 6.19. The number of carbonyl (C=O) groups is 2. The Bertz CT molecular complexity index is 964. The maximum atomic E-state index is 12.7. The number of benzene rings is 3. The molecule has 0 atom stereocenters. The second-order valence-corrected chi connectivity index (χ2v) is 5.60. The smallest absolute Gasteiger partial charge is 0.256 e. The van der Waals surface area contributed by atoms with Crippen LogP contribution < -0.4 is 20.5 Å². The standard InChI is InChI=1S/C20H18N2O4/c1-25-17-10-9-14(11-18(17)26-12-19(21)23)22-20(24)16-8-4-6-13-5-2-3-7-15(13)16/h2-11H,12H2,1H3,(H2,21,23)(H,22,24). The lowest BCUT2D eigenvalue weighted by atomic mass is 10.0. The molecule has 26 heavy (non-hydrogen) atoms. The summed E-state index contributed by atoms with van der Waals surface area (Å²) < 4.78 is 10.5. The SMILES string of the molecule is COc1ccc(NC(=O)c2cccc3ccccc23)cc1OCC(N)=O. The molecule has 6 heteroatoms. The van der Waals surface area contributed by atoms with E-state index >= 15 is 0 Å². The van der Waals surface area contributed by atoms with E-state index in [0.717, 1.165) is 10.8 Å². The summed E-state index contributed by atoms with van der Waals surface area (Å²) in [6, 6.07) is 18.2. The number of hydrogen-bond acceptors (Lipinski definition) is 4. The van der Waals surface area contributed by atoms with Gasteiger partial charge in [-0.2, -0.15) is 0 Å². The largest absolute Gasteiger partial charge is 0.493 e. The van der Waals surface area contributed by atoms with E-state index in [1.54, 1.807) is 24.3 Å². The summed E-state index contributed by atoms with van der Waals surface area (Å²) in [6.45, 7) is -0.281. The van der Waals surface area contributed by atoms with E-state index in [9.17, 15) is 9.59 Å². The van der Waals surface area contributed by atoms with Gasteiger partial charge in [-0.3, -0.25) is 9.59 Å². The summed E-state index contributed by atoms with van der Waals surface area (Å²) in [5, 5.41) is 4.69. The normalized spacial score (nSPS) is 10.3. The summed E-state index contributed by atoms with van der Waals surface area (Å²) in [5.74, 6) is -0.0819. The van der Waals surface area contributed by atoms with Crippen molar-refractivity contribution in [3.63, 3.8) is 0 Å². The molecule has 0 saturated heterocycles. The van der Waals surface area contributed by atoms with Crippen molar-refractivity contribution in [2.45, 2.75) is 0 Å². The third kappa shape index (κ3) is 3.75. The number of carbonyl (C=O) groups excluding carboxylic acids is 2. The second-order valence-electron chi connectivity index (χ2n) is 5.60. The summed E-state index contributed by atoms with van der Waals surface area (Å²) in [4.78, 5) is 23.6. The summed E-state index contributed by atoms with van der Waals surface area (Å²) in [6.07, 6.45) is 0. The number of nitrogens with one attached hydrogen (secondary N) is 1. The van der Waals surface area contributed by atoms with E-state index < -0.39 is 5.91 Å². The van der Waals surface area contributed by atoms with Crippen LogP contribution in [0.1, 0.15) is 10.4 Å². The first kappa shape index (κ1) is 17.3. The van der Waals surface area contributed by atoms with Crippen LogP contribution in [0.15, 0.2) is 60.7 Å². The molecule has 0 aliphatic carbocycles. The topological polar surface area (TPSA) is 90.7 Å². The van der Waals surface area contributed by atoms with E-state index in [0.29, 0.717) is 22.7 Å². The molecule has 0 aliphatic heterocycles. The molecule has 0 unspecified atom stereocenters. The van der Waals surface area contributed by atoms with Gasteiger partial charge in [-0.05, 0) is 29.0 Å². The molecular weight excluding hydrogens is 332 g/mol. The lowest BCUT2D eigenvalue weighted by molar-refractivity contribution is -0.119. The zero-order valence-electron chi connectivity index (χ0n) is 14.2. The fourth-order valence-corrected chi connectivity index (χ4v) is 2.64. The van der Waals surface area contributed by atoms with E-state index in [-0.39, 0.29) is 12.5 Å². The van der Waals surface area contributed by atoms with Gasteiger partial charge >= 0.3 is 0 Å². The van der Waals surface area contributed by atoms with Crippen LogP contribution in [0, 0.1) is 0 Å². The van der Waals surface area contributed by atoms with Crippen LogP contribution in [0.25, 0.3) is 10.8 Å². The van der Waals surface area contributed by atoms with Gasteiger partial charge in [0.05, 0.1) is 7.11 Å². The van der Waals surface area contributed by atoms with Gasteiger partial charge in [0.2, 0.25) is 0 Å². The number of primary amides is 1. The van der Waals surface area contributed by atoms with Gasteiger partial charge in [0.25, 0.3) is 11.8 Å². The molecule has 6 nitrogen and oxygen atoms in total. The molecule has 2 amide bonds. The average Bonchev–Trinajstić information content (AvgIpc) is 2.66. The molecular formula is C20H18N2O4. The van der Waals surface area contributed by atoms with Crippen molar-refractivity contribution >= 4 is 28.3 Å². The molecule has 3 aromatic rings. The van der Waals surface area contributed by atoms with Crippen LogP contribution in [-0.4, -0.2) is 25.5 Å². The van der Waals surface area contributed by atoms with Crippen molar-refractivity contribution in [1.29, 1.82) is 0 Å². The Balaban J connectivity index is 1.86. The number of anilines is 1. The highest BCUT2D eigenvalue weighted by atomic mass is 16.5. The van der Waals surface area contributed by atoms with Crippen LogP contribution >= 0.6 is 0 Å². The Morgan fingerprint density at radius 3 is 2.54 bits per heavy atom. The highest BCUT2D eigenvalue weighted by molar-refractivity contribution is 6.13. The van der Waals surface area contributed by atoms with Crippen LogP contribution in [0.2, 0.25) is 0 Å². The first-order chi connectivity index (χ1) is 12.6. The lowest BCUT2D eigenvalue weighted by Crippen LogP contribution is -2.20. The number of hydrogen-bond donors (Lipinski definition) is 2. The first-order valence-corrected chi connectivity index (χ1v) is 7.97. The fraction of sp³-hybridized carbons (Fsp3) is 0.100. The summed E-state index contributed by atoms with van der Waals surface area (Å²) in [7, 11) is 1.49. The number of nitrogens with two attached hydrogens (primary N) is 1. The number of fused-ring (bicyclic) bond motifs is 1. The zero-order valence-corrected chi connectivity index (χ0v) is 14.2. The molecule has 132 valence electrons. The van der Waals surface area contributed by atoms with Gasteiger partial charge in [-0.1, -0.05) is 36.4 Å². The van der Waals surface area contributed by atoms with Gasteiger partial charge in [0.15, 0.2) is 18.1 Å². The predicted octanol–water partition coefficient (Wildman–Crippen LogP) is 2.96. The van der Waals surface area contributed by atoms with Gasteiger partial charge in [-0.15, -0.1) is 0 Å². The second kappa shape index (κ2) is 7.57. The minimum atomic E-state index is -0.600. The molecule has 0 radical (unpaired) electrons. The van der Waals surface area contributed by atoms with E-state index in [1.807, 2.05) is 36.4 Å². The van der Waals surface area contributed by atoms with Gasteiger partial charge < -0.3 is 20.5 Å². The molecule has 0 saturated carbocycles.